The normalized spacial score (nSPS) is 39.2. The van der Waals surface area contributed by atoms with Crippen LogP contribution in [0.1, 0.15) is 33.6 Å². The number of hydrogen-bond acceptors (Lipinski definition) is 4. The van der Waals surface area contributed by atoms with E-state index in [1.165, 1.54) is 37.4 Å². The maximum atomic E-state index is 6.19. The van der Waals surface area contributed by atoms with Gasteiger partial charge in [-0.1, -0.05) is 6.92 Å². The van der Waals surface area contributed by atoms with Crippen molar-refractivity contribution in [3.8, 4) is 0 Å². The molecular weight excluding hydrogens is 248 g/mol. The molecular formula is C13H26N2S2. The van der Waals surface area contributed by atoms with Gasteiger partial charge in [-0.3, -0.25) is 4.90 Å². The van der Waals surface area contributed by atoms with E-state index in [4.69, 9.17) is 5.73 Å². The second-order valence-electron chi connectivity index (χ2n) is 5.95. The van der Waals surface area contributed by atoms with E-state index in [2.05, 4.69) is 49.2 Å². The Hall–Kier alpha value is 0.620. The second-order valence-corrected chi connectivity index (χ2v) is 9.20. The fourth-order valence-electron chi connectivity index (χ4n) is 3.21. The molecule has 17 heavy (non-hydrogen) atoms. The molecule has 0 bridgehead atoms. The minimum absolute atomic E-state index is 0.265. The van der Waals surface area contributed by atoms with E-state index in [1.807, 2.05) is 0 Å². The van der Waals surface area contributed by atoms with Crippen molar-refractivity contribution in [2.45, 2.75) is 49.1 Å². The molecule has 0 aliphatic carbocycles. The van der Waals surface area contributed by atoms with Gasteiger partial charge in [0.15, 0.2) is 0 Å². The summed E-state index contributed by atoms with van der Waals surface area (Å²) in [6.07, 6.45) is 2.62. The highest BCUT2D eigenvalue weighted by atomic mass is 32.2. The van der Waals surface area contributed by atoms with E-state index in [9.17, 15) is 0 Å². The molecule has 2 unspecified atom stereocenters. The average molecular weight is 274 g/mol. The van der Waals surface area contributed by atoms with Gasteiger partial charge < -0.3 is 5.73 Å². The Morgan fingerprint density at radius 1 is 1.35 bits per heavy atom. The Labute approximate surface area is 114 Å². The van der Waals surface area contributed by atoms with Crippen LogP contribution in [0.4, 0.5) is 0 Å². The Kier molecular flexibility index (Phi) is 4.39. The third-order valence-electron chi connectivity index (χ3n) is 4.29. The third-order valence-corrected chi connectivity index (χ3v) is 7.05. The van der Waals surface area contributed by atoms with Gasteiger partial charge in [0.05, 0.1) is 0 Å². The monoisotopic (exact) mass is 274 g/mol. The van der Waals surface area contributed by atoms with Crippen molar-refractivity contribution in [1.82, 2.24) is 4.90 Å². The van der Waals surface area contributed by atoms with Crippen molar-refractivity contribution in [3.63, 3.8) is 0 Å². The number of nitrogens with zero attached hydrogens (tertiary/aromatic N) is 1. The second kappa shape index (κ2) is 5.32. The van der Waals surface area contributed by atoms with Crippen molar-refractivity contribution in [1.29, 1.82) is 0 Å². The lowest BCUT2D eigenvalue weighted by Gasteiger charge is -2.53. The molecule has 0 saturated carbocycles. The zero-order chi connectivity index (χ0) is 12.5. The molecule has 2 atom stereocenters. The van der Waals surface area contributed by atoms with Crippen LogP contribution in [0.2, 0.25) is 0 Å². The van der Waals surface area contributed by atoms with Crippen LogP contribution >= 0.6 is 23.5 Å². The zero-order valence-corrected chi connectivity index (χ0v) is 13.0. The summed E-state index contributed by atoms with van der Waals surface area (Å²) in [4.78, 5) is 2.71. The Balaban J connectivity index is 2.16. The summed E-state index contributed by atoms with van der Waals surface area (Å²) in [6, 6.07) is 0. The van der Waals surface area contributed by atoms with E-state index in [0.29, 0.717) is 10.00 Å². The van der Waals surface area contributed by atoms with Crippen molar-refractivity contribution in [2.75, 3.05) is 31.1 Å². The first-order chi connectivity index (χ1) is 8.00. The van der Waals surface area contributed by atoms with E-state index >= 15 is 0 Å². The van der Waals surface area contributed by atoms with Gasteiger partial charge in [-0.05, 0) is 32.4 Å². The average Bonchev–Trinajstić information content (AvgIpc) is 2.28. The van der Waals surface area contributed by atoms with E-state index < -0.39 is 0 Å². The SMILES string of the molecule is CC1SCCCC1(CN)N1CCSC(C)(C)C1. The van der Waals surface area contributed by atoms with Crippen LogP contribution in [0.25, 0.3) is 0 Å². The minimum atomic E-state index is 0.265. The predicted molar refractivity (Wildman–Crippen MR) is 81.0 cm³/mol. The third kappa shape index (κ3) is 2.80. The highest BCUT2D eigenvalue weighted by Crippen LogP contribution is 2.41. The van der Waals surface area contributed by atoms with Crippen molar-refractivity contribution in [2.24, 2.45) is 5.73 Å². The number of rotatable bonds is 2. The molecule has 2 nitrogen and oxygen atoms in total. The molecule has 100 valence electrons. The van der Waals surface area contributed by atoms with E-state index in [1.54, 1.807) is 0 Å². The van der Waals surface area contributed by atoms with Gasteiger partial charge >= 0.3 is 0 Å². The minimum Gasteiger partial charge on any atom is -0.329 e. The number of thioether (sulfide) groups is 2. The van der Waals surface area contributed by atoms with Crippen molar-refractivity contribution < 1.29 is 0 Å². The van der Waals surface area contributed by atoms with Crippen LogP contribution in [0, 0.1) is 0 Å². The van der Waals surface area contributed by atoms with Crippen LogP contribution in [0.3, 0.4) is 0 Å². The van der Waals surface area contributed by atoms with Crippen LogP contribution in [-0.4, -0.2) is 51.6 Å². The first-order valence-corrected chi connectivity index (χ1v) is 8.74. The fourth-order valence-corrected chi connectivity index (χ4v) is 5.66. The molecule has 2 aliphatic heterocycles. The van der Waals surface area contributed by atoms with Crippen molar-refractivity contribution >= 4 is 23.5 Å². The quantitative estimate of drug-likeness (QED) is 0.837. The zero-order valence-electron chi connectivity index (χ0n) is 11.4. The summed E-state index contributed by atoms with van der Waals surface area (Å²) in [5.74, 6) is 2.57. The van der Waals surface area contributed by atoms with Gasteiger partial charge in [0, 0.05) is 40.9 Å². The van der Waals surface area contributed by atoms with Crippen molar-refractivity contribution in [3.05, 3.63) is 0 Å². The molecule has 2 aliphatic rings. The van der Waals surface area contributed by atoms with Crippen LogP contribution in [0.15, 0.2) is 0 Å². The van der Waals surface area contributed by atoms with E-state index in [0.717, 1.165) is 6.54 Å². The maximum Gasteiger partial charge on any atom is 0.0448 e. The predicted octanol–water partition coefficient (Wildman–Crippen LogP) is 2.43. The fraction of sp³-hybridized carbons (Fsp3) is 1.00. The summed E-state index contributed by atoms with van der Waals surface area (Å²) in [7, 11) is 0. The van der Waals surface area contributed by atoms with Crippen LogP contribution in [-0.2, 0) is 0 Å². The Morgan fingerprint density at radius 2 is 2.12 bits per heavy atom. The summed E-state index contributed by atoms with van der Waals surface area (Å²) in [5.41, 5.74) is 6.45. The van der Waals surface area contributed by atoms with Gasteiger partial charge in [-0.15, -0.1) is 0 Å². The molecule has 0 aromatic carbocycles. The molecule has 0 aromatic rings. The largest absolute Gasteiger partial charge is 0.329 e. The summed E-state index contributed by atoms with van der Waals surface area (Å²) < 4.78 is 0.391. The standard InChI is InChI=1S/C13H26N2S2/c1-11-13(9-14,5-4-7-16-11)15-6-8-17-12(2,3)10-15/h11H,4-10,14H2,1-3H3. The molecule has 0 radical (unpaired) electrons. The number of hydrogen-bond donors (Lipinski definition) is 1. The summed E-state index contributed by atoms with van der Waals surface area (Å²) in [5, 5.41) is 0.681. The van der Waals surface area contributed by atoms with E-state index in [-0.39, 0.29) is 5.54 Å². The summed E-state index contributed by atoms with van der Waals surface area (Å²) >= 11 is 4.22. The van der Waals surface area contributed by atoms with Gasteiger partial charge in [-0.25, -0.2) is 0 Å². The molecule has 2 heterocycles. The van der Waals surface area contributed by atoms with Crippen LogP contribution in [0.5, 0.6) is 0 Å². The molecule has 4 heteroatoms. The highest BCUT2D eigenvalue weighted by Gasteiger charge is 2.45. The molecule has 2 rings (SSSR count). The molecule has 2 N–H and O–H groups in total. The lowest BCUT2D eigenvalue weighted by atomic mass is 9.86. The Bertz CT molecular complexity index is 270. The molecule has 0 amide bonds. The van der Waals surface area contributed by atoms with Crippen LogP contribution < -0.4 is 5.73 Å². The molecule has 2 fully saturated rings. The van der Waals surface area contributed by atoms with Gasteiger partial charge in [0.2, 0.25) is 0 Å². The first-order valence-electron chi connectivity index (χ1n) is 6.71. The summed E-state index contributed by atoms with van der Waals surface area (Å²) in [6.45, 7) is 10.4. The van der Waals surface area contributed by atoms with Gasteiger partial charge in [0.1, 0.15) is 0 Å². The van der Waals surface area contributed by atoms with Gasteiger partial charge in [-0.2, -0.15) is 23.5 Å². The molecule has 0 aromatic heterocycles. The highest BCUT2D eigenvalue weighted by molar-refractivity contribution is 8.00. The van der Waals surface area contributed by atoms with Gasteiger partial charge in [0.25, 0.3) is 0 Å². The smallest absolute Gasteiger partial charge is 0.0448 e. The molecule has 2 saturated heterocycles. The first kappa shape index (κ1) is 14.0. The number of nitrogens with two attached hydrogens (primary N) is 1. The molecule has 0 spiro atoms. The topological polar surface area (TPSA) is 29.3 Å². The lowest BCUT2D eigenvalue weighted by Crippen LogP contribution is -2.64. The Morgan fingerprint density at radius 3 is 2.71 bits per heavy atom. The lowest BCUT2D eigenvalue weighted by molar-refractivity contribution is 0.0767. The maximum absolute atomic E-state index is 6.19.